The van der Waals surface area contributed by atoms with Crippen LogP contribution in [0.5, 0.6) is 5.75 Å². The summed E-state index contributed by atoms with van der Waals surface area (Å²) in [6.07, 6.45) is 4.74. The van der Waals surface area contributed by atoms with Crippen molar-refractivity contribution in [1.82, 2.24) is 4.90 Å². The average Bonchev–Trinajstić information content (AvgIpc) is 2.58. The molecule has 1 aromatic carbocycles. The number of ether oxygens (including phenoxy) is 1. The van der Waals surface area contributed by atoms with Crippen molar-refractivity contribution in [2.75, 3.05) is 13.7 Å². The van der Waals surface area contributed by atoms with E-state index in [0.717, 1.165) is 37.1 Å². The molecule has 1 aliphatic heterocycles. The predicted octanol–water partition coefficient (Wildman–Crippen LogP) is 2.87. The Kier molecular flexibility index (Phi) is 6.44. The second-order valence-corrected chi connectivity index (χ2v) is 5.98. The van der Waals surface area contributed by atoms with Gasteiger partial charge in [-0.25, -0.2) is 0 Å². The first-order valence-electron chi connectivity index (χ1n) is 8.25. The number of para-hydroxylation sites is 1. The number of amides is 1. The van der Waals surface area contributed by atoms with Gasteiger partial charge in [-0.3, -0.25) is 9.59 Å². The maximum absolute atomic E-state index is 12.6. The summed E-state index contributed by atoms with van der Waals surface area (Å²) in [6, 6.07) is 7.81. The number of piperidine rings is 1. The van der Waals surface area contributed by atoms with Gasteiger partial charge in [0.25, 0.3) is 0 Å². The third kappa shape index (κ3) is 4.98. The van der Waals surface area contributed by atoms with E-state index in [9.17, 15) is 9.59 Å². The minimum absolute atomic E-state index is 0.0741. The zero-order valence-electron chi connectivity index (χ0n) is 13.7. The summed E-state index contributed by atoms with van der Waals surface area (Å²) in [5.41, 5.74) is 1.03. The fourth-order valence-electron chi connectivity index (χ4n) is 3.21. The highest BCUT2D eigenvalue weighted by Gasteiger charge is 2.26. The Morgan fingerprint density at radius 1 is 1.26 bits per heavy atom. The summed E-state index contributed by atoms with van der Waals surface area (Å²) in [5, 5.41) is 8.86. The number of benzene rings is 1. The van der Waals surface area contributed by atoms with Crippen LogP contribution < -0.4 is 4.74 Å². The summed E-state index contributed by atoms with van der Waals surface area (Å²) in [4.78, 5) is 25.2. The molecule has 0 radical (unpaired) electrons. The number of aryl methyl sites for hydroxylation is 1. The Morgan fingerprint density at radius 2 is 2.04 bits per heavy atom. The predicted molar refractivity (Wildman–Crippen MR) is 87.5 cm³/mol. The van der Waals surface area contributed by atoms with Gasteiger partial charge in [0, 0.05) is 25.4 Å². The largest absolute Gasteiger partial charge is 0.496 e. The van der Waals surface area contributed by atoms with Gasteiger partial charge in [0.05, 0.1) is 7.11 Å². The van der Waals surface area contributed by atoms with Crippen molar-refractivity contribution in [3.63, 3.8) is 0 Å². The Hall–Kier alpha value is -2.04. The van der Waals surface area contributed by atoms with Crippen molar-refractivity contribution in [3.05, 3.63) is 29.8 Å². The molecule has 1 fully saturated rings. The normalized spacial score (nSPS) is 17.8. The summed E-state index contributed by atoms with van der Waals surface area (Å²) < 4.78 is 5.32. The summed E-state index contributed by atoms with van der Waals surface area (Å²) in [7, 11) is 1.63. The number of hydrogen-bond acceptors (Lipinski definition) is 3. The molecular formula is C18H25NO4. The molecule has 0 aromatic heterocycles. The molecule has 1 atom stereocenters. The van der Waals surface area contributed by atoms with E-state index >= 15 is 0 Å². The van der Waals surface area contributed by atoms with E-state index in [-0.39, 0.29) is 18.4 Å². The number of carboxylic acid groups (broad SMARTS) is 1. The third-order valence-electron chi connectivity index (χ3n) is 4.44. The molecule has 23 heavy (non-hydrogen) atoms. The highest BCUT2D eigenvalue weighted by molar-refractivity contribution is 5.77. The van der Waals surface area contributed by atoms with Crippen LogP contribution in [0.1, 0.15) is 44.1 Å². The smallest absolute Gasteiger partial charge is 0.303 e. The quantitative estimate of drug-likeness (QED) is 0.839. The molecule has 1 heterocycles. The molecule has 1 unspecified atom stereocenters. The molecular weight excluding hydrogens is 294 g/mol. The highest BCUT2D eigenvalue weighted by atomic mass is 16.5. The number of nitrogens with zero attached hydrogens (tertiary/aromatic N) is 1. The lowest BCUT2D eigenvalue weighted by atomic mass is 9.97. The summed E-state index contributed by atoms with van der Waals surface area (Å²) >= 11 is 0. The van der Waals surface area contributed by atoms with Gasteiger partial charge in [0.2, 0.25) is 5.91 Å². The van der Waals surface area contributed by atoms with Gasteiger partial charge in [-0.2, -0.15) is 0 Å². The molecule has 0 bridgehead atoms. The zero-order chi connectivity index (χ0) is 16.7. The number of likely N-dealkylation sites (tertiary alicyclic amines) is 1. The first kappa shape index (κ1) is 17.3. The lowest BCUT2D eigenvalue weighted by molar-refractivity contribution is -0.140. The van der Waals surface area contributed by atoms with Crippen LogP contribution in [0.15, 0.2) is 24.3 Å². The van der Waals surface area contributed by atoms with Crippen molar-refractivity contribution < 1.29 is 19.4 Å². The molecule has 5 heteroatoms. The SMILES string of the molecule is COc1ccccc1CCC(=O)N1CCCCC1CCC(=O)O. The number of carboxylic acids is 1. The van der Waals surface area contributed by atoms with E-state index in [0.29, 0.717) is 19.3 Å². The van der Waals surface area contributed by atoms with Crippen molar-refractivity contribution in [2.45, 2.75) is 51.0 Å². The van der Waals surface area contributed by atoms with Crippen LogP contribution in [-0.2, 0) is 16.0 Å². The van der Waals surface area contributed by atoms with Gasteiger partial charge in [0.1, 0.15) is 5.75 Å². The maximum Gasteiger partial charge on any atom is 0.303 e. The lowest BCUT2D eigenvalue weighted by Crippen LogP contribution is -2.44. The standard InChI is InChI=1S/C18H25NO4/c1-23-16-8-3-2-6-14(16)9-11-17(20)19-13-5-4-7-15(19)10-12-18(21)22/h2-3,6,8,15H,4-5,7,9-13H2,1H3,(H,21,22). The van der Waals surface area contributed by atoms with Gasteiger partial charge in [0.15, 0.2) is 0 Å². The van der Waals surface area contributed by atoms with E-state index in [1.807, 2.05) is 29.2 Å². The van der Waals surface area contributed by atoms with Gasteiger partial charge >= 0.3 is 5.97 Å². The lowest BCUT2D eigenvalue weighted by Gasteiger charge is -2.36. The molecule has 1 aliphatic rings. The molecule has 1 saturated heterocycles. The van der Waals surface area contributed by atoms with Crippen molar-refractivity contribution >= 4 is 11.9 Å². The van der Waals surface area contributed by atoms with E-state index < -0.39 is 5.97 Å². The number of hydrogen-bond donors (Lipinski definition) is 1. The van der Waals surface area contributed by atoms with Crippen molar-refractivity contribution in [3.8, 4) is 5.75 Å². The van der Waals surface area contributed by atoms with Gasteiger partial charge in [-0.05, 0) is 43.7 Å². The second kappa shape index (κ2) is 8.56. The minimum atomic E-state index is -0.794. The molecule has 0 saturated carbocycles. The fourth-order valence-corrected chi connectivity index (χ4v) is 3.21. The first-order valence-corrected chi connectivity index (χ1v) is 8.25. The van der Waals surface area contributed by atoms with Gasteiger partial charge in [-0.1, -0.05) is 18.2 Å². The average molecular weight is 319 g/mol. The van der Waals surface area contributed by atoms with Crippen LogP contribution in [0.2, 0.25) is 0 Å². The minimum Gasteiger partial charge on any atom is -0.496 e. The fraction of sp³-hybridized carbons (Fsp3) is 0.556. The summed E-state index contributed by atoms with van der Waals surface area (Å²) in [6.45, 7) is 0.745. The third-order valence-corrected chi connectivity index (χ3v) is 4.44. The van der Waals surface area contributed by atoms with E-state index in [2.05, 4.69) is 0 Å². The van der Waals surface area contributed by atoms with Crippen LogP contribution in [0.25, 0.3) is 0 Å². The maximum atomic E-state index is 12.6. The van der Waals surface area contributed by atoms with Crippen LogP contribution >= 0.6 is 0 Å². The molecule has 2 rings (SSSR count). The van der Waals surface area contributed by atoms with Gasteiger partial charge in [-0.15, -0.1) is 0 Å². The van der Waals surface area contributed by atoms with E-state index in [1.165, 1.54) is 0 Å². The second-order valence-electron chi connectivity index (χ2n) is 5.98. The topological polar surface area (TPSA) is 66.8 Å². The molecule has 1 amide bonds. The number of aliphatic carboxylic acids is 1. The molecule has 0 spiro atoms. The number of methoxy groups -OCH3 is 1. The van der Waals surface area contributed by atoms with Crippen LogP contribution in [-0.4, -0.2) is 41.6 Å². The van der Waals surface area contributed by atoms with E-state index in [4.69, 9.17) is 9.84 Å². The molecule has 126 valence electrons. The van der Waals surface area contributed by atoms with Crippen molar-refractivity contribution in [1.29, 1.82) is 0 Å². The number of carbonyl (C=O) groups excluding carboxylic acids is 1. The molecule has 1 N–H and O–H groups in total. The van der Waals surface area contributed by atoms with Crippen LogP contribution in [0, 0.1) is 0 Å². The summed E-state index contributed by atoms with van der Waals surface area (Å²) in [5.74, 6) is 0.129. The monoisotopic (exact) mass is 319 g/mol. The Labute approximate surface area is 137 Å². The number of rotatable bonds is 7. The highest BCUT2D eigenvalue weighted by Crippen LogP contribution is 2.24. The zero-order valence-corrected chi connectivity index (χ0v) is 13.7. The Balaban J connectivity index is 1.93. The molecule has 5 nitrogen and oxygen atoms in total. The van der Waals surface area contributed by atoms with Gasteiger partial charge < -0.3 is 14.7 Å². The van der Waals surface area contributed by atoms with Crippen LogP contribution in [0.3, 0.4) is 0 Å². The van der Waals surface area contributed by atoms with Crippen LogP contribution in [0.4, 0.5) is 0 Å². The first-order chi connectivity index (χ1) is 11.1. The Morgan fingerprint density at radius 3 is 2.78 bits per heavy atom. The van der Waals surface area contributed by atoms with Crippen molar-refractivity contribution in [2.24, 2.45) is 0 Å². The molecule has 1 aromatic rings. The molecule has 0 aliphatic carbocycles. The van der Waals surface area contributed by atoms with E-state index in [1.54, 1.807) is 7.11 Å². The Bertz CT molecular complexity index is 544. The number of carbonyl (C=O) groups is 2.